The molecule has 2 atom stereocenters. The van der Waals surface area contributed by atoms with Gasteiger partial charge in [-0.25, -0.2) is 0 Å². The van der Waals surface area contributed by atoms with Crippen LogP contribution >= 0.6 is 11.8 Å². The first-order chi connectivity index (χ1) is 9.36. The van der Waals surface area contributed by atoms with E-state index < -0.39 is 0 Å². The molecule has 3 aliphatic heterocycles. The summed E-state index contributed by atoms with van der Waals surface area (Å²) in [6, 6.07) is 0.661. The van der Waals surface area contributed by atoms with Crippen LogP contribution in [0, 0.1) is 0 Å². The molecular formula is C14H26N2O2S. The number of ether oxygens (including phenoxy) is 2. The fourth-order valence-corrected chi connectivity index (χ4v) is 4.70. The van der Waals surface area contributed by atoms with Crippen molar-refractivity contribution < 1.29 is 9.47 Å². The molecule has 2 unspecified atom stereocenters. The number of rotatable bonds is 4. The Morgan fingerprint density at radius 2 is 2.16 bits per heavy atom. The lowest BCUT2D eigenvalue weighted by atomic mass is 9.90. The summed E-state index contributed by atoms with van der Waals surface area (Å²) in [6.07, 6.45) is 3.64. The van der Waals surface area contributed by atoms with Crippen molar-refractivity contribution in [3.05, 3.63) is 0 Å². The van der Waals surface area contributed by atoms with Gasteiger partial charge in [-0.1, -0.05) is 0 Å². The largest absolute Gasteiger partial charge is 0.379 e. The molecule has 3 aliphatic rings. The van der Waals surface area contributed by atoms with Crippen LogP contribution in [0.3, 0.4) is 0 Å². The quantitative estimate of drug-likeness (QED) is 0.833. The molecule has 3 fully saturated rings. The van der Waals surface area contributed by atoms with E-state index in [0.717, 1.165) is 46.0 Å². The third kappa shape index (κ3) is 3.85. The summed E-state index contributed by atoms with van der Waals surface area (Å²) in [5, 5.41) is 3.75. The van der Waals surface area contributed by atoms with Crippen LogP contribution in [-0.4, -0.2) is 74.0 Å². The first-order valence-electron chi connectivity index (χ1n) is 7.62. The van der Waals surface area contributed by atoms with Crippen molar-refractivity contribution in [1.82, 2.24) is 10.2 Å². The zero-order valence-corrected chi connectivity index (χ0v) is 12.6. The number of hydrogen-bond donors (Lipinski definition) is 1. The minimum absolute atomic E-state index is 0.208. The van der Waals surface area contributed by atoms with Crippen molar-refractivity contribution >= 4 is 11.8 Å². The highest BCUT2D eigenvalue weighted by Gasteiger charge is 2.40. The van der Waals surface area contributed by atoms with Crippen molar-refractivity contribution in [3.63, 3.8) is 0 Å². The van der Waals surface area contributed by atoms with Crippen molar-refractivity contribution in [2.45, 2.75) is 30.9 Å². The lowest BCUT2D eigenvalue weighted by molar-refractivity contribution is -0.0703. The average Bonchev–Trinajstić information content (AvgIpc) is 2.88. The standard InChI is InChI=1S/C14H26N2O2S/c1-7-18-14(2-10-19-12-14)11-13(1)15-3-4-16-5-8-17-9-6-16/h13,15H,1-12H2. The van der Waals surface area contributed by atoms with E-state index in [0.29, 0.717) is 6.04 Å². The number of nitrogens with zero attached hydrogens (tertiary/aromatic N) is 1. The Morgan fingerprint density at radius 3 is 2.95 bits per heavy atom. The van der Waals surface area contributed by atoms with Crippen LogP contribution < -0.4 is 5.32 Å². The molecule has 1 spiro atoms. The maximum Gasteiger partial charge on any atom is 0.0795 e. The lowest BCUT2D eigenvalue weighted by Crippen LogP contribution is -2.49. The van der Waals surface area contributed by atoms with Crippen LogP contribution in [0.1, 0.15) is 19.3 Å². The maximum absolute atomic E-state index is 6.07. The van der Waals surface area contributed by atoms with Gasteiger partial charge >= 0.3 is 0 Å². The molecule has 1 N–H and O–H groups in total. The third-order valence-electron chi connectivity index (χ3n) is 4.52. The van der Waals surface area contributed by atoms with Gasteiger partial charge in [0.05, 0.1) is 18.8 Å². The molecule has 0 aromatic rings. The van der Waals surface area contributed by atoms with E-state index in [-0.39, 0.29) is 5.60 Å². The van der Waals surface area contributed by atoms with Crippen LogP contribution in [0.4, 0.5) is 0 Å². The van der Waals surface area contributed by atoms with Gasteiger partial charge in [0.2, 0.25) is 0 Å². The highest BCUT2D eigenvalue weighted by atomic mass is 32.2. The number of nitrogens with one attached hydrogen (secondary N) is 1. The monoisotopic (exact) mass is 286 g/mol. The highest BCUT2D eigenvalue weighted by Crippen LogP contribution is 2.38. The van der Waals surface area contributed by atoms with E-state index in [1.54, 1.807) is 0 Å². The van der Waals surface area contributed by atoms with Gasteiger partial charge in [0.1, 0.15) is 0 Å². The lowest BCUT2D eigenvalue weighted by Gasteiger charge is -2.38. The Hall–Kier alpha value is 0.190. The summed E-state index contributed by atoms with van der Waals surface area (Å²) in [5.41, 5.74) is 0.208. The Morgan fingerprint density at radius 1 is 1.26 bits per heavy atom. The highest BCUT2D eigenvalue weighted by molar-refractivity contribution is 7.99. The van der Waals surface area contributed by atoms with Crippen molar-refractivity contribution in [1.29, 1.82) is 0 Å². The third-order valence-corrected chi connectivity index (χ3v) is 5.75. The summed E-state index contributed by atoms with van der Waals surface area (Å²) < 4.78 is 11.4. The number of hydrogen-bond acceptors (Lipinski definition) is 5. The summed E-state index contributed by atoms with van der Waals surface area (Å²) >= 11 is 2.05. The van der Waals surface area contributed by atoms with Crippen LogP contribution in [0.25, 0.3) is 0 Å². The van der Waals surface area contributed by atoms with Gasteiger partial charge in [0.25, 0.3) is 0 Å². The van der Waals surface area contributed by atoms with E-state index in [1.165, 1.54) is 30.8 Å². The van der Waals surface area contributed by atoms with Crippen LogP contribution in [0.15, 0.2) is 0 Å². The normalized spacial score (nSPS) is 36.9. The molecule has 19 heavy (non-hydrogen) atoms. The fraction of sp³-hybridized carbons (Fsp3) is 1.00. The molecule has 0 bridgehead atoms. The van der Waals surface area contributed by atoms with Crippen molar-refractivity contribution in [2.75, 3.05) is 57.5 Å². The van der Waals surface area contributed by atoms with Gasteiger partial charge in [-0.2, -0.15) is 11.8 Å². The SMILES string of the molecule is C(CN1CCOCC1)NC1CCOC2(CCSC2)C1. The van der Waals surface area contributed by atoms with Crippen LogP contribution in [0.5, 0.6) is 0 Å². The Balaban J connectivity index is 1.37. The molecular weight excluding hydrogens is 260 g/mol. The molecule has 3 rings (SSSR count). The second kappa shape index (κ2) is 6.76. The van der Waals surface area contributed by atoms with Gasteiger partial charge in [-0.05, 0) is 25.0 Å². The maximum atomic E-state index is 6.07. The van der Waals surface area contributed by atoms with E-state index in [9.17, 15) is 0 Å². The van der Waals surface area contributed by atoms with E-state index in [1.807, 2.05) is 0 Å². The topological polar surface area (TPSA) is 33.7 Å². The molecule has 0 aliphatic carbocycles. The Bertz CT molecular complexity index is 279. The van der Waals surface area contributed by atoms with Gasteiger partial charge in [0, 0.05) is 44.6 Å². The molecule has 110 valence electrons. The van der Waals surface area contributed by atoms with Crippen molar-refractivity contribution in [2.24, 2.45) is 0 Å². The minimum atomic E-state index is 0.208. The van der Waals surface area contributed by atoms with Crippen molar-refractivity contribution in [3.8, 4) is 0 Å². The second-order valence-corrected chi connectivity index (χ2v) is 7.04. The minimum Gasteiger partial charge on any atom is -0.379 e. The first-order valence-corrected chi connectivity index (χ1v) is 8.77. The van der Waals surface area contributed by atoms with E-state index >= 15 is 0 Å². The van der Waals surface area contributed by atoms with Crippen LogP contribution in [-0.2, 0) is 9.47 Å². The predicted octanol–water partition coefficient (Wildman–Crippen LogP) is 0.963. The molecule has 0 radical (unpaired) electrons. The van der Waals surface area contributed by atoms with E-state index in [2.05, 4.69) is 22.0 Å². The summed E-state index contributed by atoms with van der Waals surface area (Å²) in [6.45, 7) is 7.19. The van der Waals surface area contributed by atoms with Gasteiger partial charge < -0.3 is 14.8 Å². The zero-order valence-electron chi connectivity index (χ0n) is 11.7. The summed E-state index contributed by atoms with van der Waals surface area (Å²) in [7, 11) is 0. The molecule has 4 nitrogen and oxygen atoms in total. The molecule has 0 aromatic heterocycles. The van der Waals surface area contributed by atoms with Gasteiger partial charge in [-0.3, -0.25) is 4.90 Å². The number of morpholine rings is 1. The summed E-state index contributed by atoms with van der Waals surface area (Å²) in [4.78, 5) is 2.50. The fourth-order valence-electron chi connectivity index (χ4n) is 3.32. The first kappa shape index (κ1) is 14.1. The molecule has 5 heteroatoms. The molecule has 3 heterocycles. The smallest absolute Gasteiger partial charge is 0.0795 e. The van der Waals surface area contributed by atoms with Gasteiger partial charge in [-0.15, -0.1) is 0 Å². The Labute approximate surface area is 120 Å². The van der Waals surface area contributed by atoms with E-state index in [4.69, 9.17) is 9.47 Å². The summed E-state index contributed by atoms with van der Waals surface area (Å²) in [5.74, 6) is 2.48. The molecule has 0 amide bonds. The number of thioether (sulfide) groups is 1. The van der Waals surface area contributed by atoms with Crippen LogP contribution in [0.2, 0.25) is 0 Å². The Kier molecular flexibility index (Phi) is 5.03. The van der Waals surface area contributed by atoms with Gasteiger partial charge in [0.15, 0.2) is 0 Å². The molecule has 3 saturated heterocycles. The zero-order chi connectivity index (χ0) is 13.0. The second-order valence-electron chi connectivity index (χ2n) is 5.93. The molecule has 0 saturated carbocycles. The average molecular weight is 286 g/mol. The molecule has 0 aromatic carbocycles. The predicted molar refractivity (Wildman–Crippen MR) is 78.9 cm³/mol.